The van der Waals surface area contributed by atoms with Crippen molar-refractivity contribution in [2.24, 2.45) is 0 Å². The van der Waals surface area contributed by atoms with Crippen molar-refractivity contribution < 1.29 is 55.1 Å². The zero-order valence-corrected chi connectivity index (χ0v) is 42.1. The molecule has 71 heavy (non-hydrogen) atoms. The van der Waals surface area contributed by atoms with E-state index in [1.807, 2.05) is 77.5 Å². The van der Waals surface area contributed by atoms with E-state index >= 15 is 0 Å². The number of methoxy groups -OCH3 is 5. The molecule has 0 amide bonds. The first-order valence-electron chi connectivity index (χ1n) is 23.4. The molecule has 4 heterocycles. The Morgan fingerprint density at radius 2 is 0.831 bits per heavy atom. The van der Waals surface area contributed by atoms with Gasteiger partial charge in [0.25, 0.3) is 20.0 Å². The molecule has 378 valence electrons. The first kappa shape index (κ1) is 50.1. The Morgan fingerprint density at radius 1 is 0.521 bits per heavy atom. The van der Waals surface area contributed by atoms with Crippen LogP contribution in [0.2, 0.25) is 0 Å². The minimum atomic E-state index is -3.99. The quantitative estimate of drug-likeness (QED) is 0.0839. The van der Waals surface area contributed by atoms with Crippen molar-refractivity contribution in [2.45, 2.75) is 85.2 Å². The van der Waals surface area contributed by atoms with Gasteiger partial charge in [0.05, 0.1) is 78.3 Å². The van der Waals surface area contributed by atoms with Crippen LogP contribution in [0.1, 0.15) is 71.4 Å². The minimum Gasteiger partial charge on any atom is -0.497 e. The van der Waals surface area contributed by atoms with Crippen LogP contribution in [0.3, 0.4) is 0 Å². The van der Waals surface area contributed by atoms with Crippen molar-refractivity contribution in [3.8, 4) is 23.0 Å². The number of hydrogen-bond donors (Lipinski definition) is 1. The Balaban J connectivity index is 0.000000176. The van der Waals surface area contributed by atoms with E-state index < -0.39 is 31.2 Å². The maximum atomic E-state index is 14.0. The molecule has 0 radical (unpaired) electrons. The zero-order valence-electron chi connectivity index (χ0n) is 40.5. The lowest BCUT2D eigenvalue weighted by molar-refractivity contribution is -0.206. The second-order valence-electron chi connectivity index (χ2n) is 18.2. The van der Waals surface area contributed by atoms with E-state index in [1.54, 1.807) is 70.6 Å². The summed E-state index contributed by atoms with van der Waals surface area (Å²) in [5.41, 5.74) is 2.70. The average Bonchev–Trinajstić information content (AvgIpc) is 4.31. The molecule has 0 bridgehead atoms. The molecule has 2 aliphatic heterocycles. The highest BCUT2D eigenvalue weighted by molar-refractivity contribution is 7.89. The summed E-state index contributed by atoms with van der Waals surface area (Å²) in [5, 5.41) is 20.0. The topological polar surface area (TPSA) is 195 Å². The Hall–Kier alpha value is -5.84. The standard InChI is InChI=1S/C26H31N3O6S.C25H29N3O6S/c1-32-22-10-4-19(5-11-22)15-28(16-20-6-12-23(33-2)13-7-20)36(30,31)25-14-24(26(34-3)17-35-18-26)29(27-25)21-8-9-21;1-32-21-9-3-18(4-10-21)14-27(15-19-5-11-22(33-2)12-6-19)35(30,31)24-13-23(25(29)16-34-17-25)28(26-24)20-7-8-20/h4-7,10-14,21H,8-9,15-18H2,1-3H3;3-6,9-13,20,29H,7-8,14-17H2,1-2H3. The third-order valence-electron chi connectivity index (χ3n) is 13.2. The zero-order chi connectivity index (χ0) is 50.0. The molecule has 2 saturated heterocycles. The Bertz CT molecular complexity index is 2880. The van der Waals surface area contributed by atoms with Crippen molar-refractivity contribution >= 4 is 20.0 Å². The van der Waals surface area contributed by atoms with Crippen molar-refractivity contribution in [3.63, 3.8) is 0 Å². The van der Waals surface area contributed by atoms with Gasteiger partial charge in [-0.1, -0.05) is 48.5 Å². The molecule has 1 N–H and O–H groups in total. The lowest BCUT2D eigenvalue weighted by Crippen LogP contribution is -2.49. The summed E-state index contributed by atoms with van der Waals surface area (Å²) >= 11 is 0. The van der Waals surface area contributed by atoms with Gasteiger partial charge in [-0.15, -0.1) is 0 Å². The summed E-state index contributed by atoms with van der Waals surface area (Å²) < 4.78 is 99.7. The van der Waals surface area contributed by atoms with Crippen LogP contribution in [0, 0.1) is 0 Å². The predicted molar refractivity (Wildman–Crippen MR) is 260 cm³/mol. The van der Waals surface area contributed by atoms with Crippen molar-refractivity contribution in [1.29, 1.82) is 0 Å². The van der Waals surface area contributed by atoms with E-state index in [-0.39, 0.29) is 61.5 Å². The van der Waals surface area contributed by atoms with E-state index in [9.17, 15) is 21.9 Å². The van der Waals surface area contributed by atoms with Gasteiger partial charge in [0.15, 0.2) is 21.3 Å². The fraction of sp³-hybridized carbons (Fsp3) is 0.412. The molecule has 0 atom stereocenters. The molecule has 20 heteroatoms. The van der Waals surface area contributed by atoms with E-state index in [2.05, 4.69) is 10.2 Å². The molecule has 2 aromatic heterocycles. The SMILES string of the molecule is COc1ccc(CN(Cc2ccc(OC)cc2)S(=O)(=O)c2cc(C3(O)COC3)n(C3CC3)n2)cc1.COc1ccc(CN(Cc2ccc(OC)cc2)S(=O)(=O)c2cc(C3(OC)COC3)n(C3CC3)n2)cc1. The molecule has 6 aromatic rings. The largest absolute Gasteiger partial charge is 0.497 e. The maximum absolute atomic E-state index is 14.0. The van der Waals surface area contributed by atoms with Crippen LogP contribution in [-0.4, -0.2) is 112 Å². The Kier molecular flexibility index (Phi) is 14.6. The molecule has 10 rings (SSSR count). The number of nitrogens with zero attached hydrogens (tertiary/aromatic N) is 6. The van der Waals surface area contributed by atoms with Gasteiger partial charge in [-0.2, -0.15) is 18.8 Å². The van der Waals surface area contributed by atoms with Crippen LogP contribution < -0.4 is 18.9 Å². The van der Waals surface area contributed by atoms with Crippen LogP contribution in [-0.2, 0) is 71.6 Å². The number of aliphatic hydroxyl groups is 1. The van der Waals surface area contributed by atoms with Crippen LogP contribution in [0.25, 0.3) is 0 Å². The third kappa shape index (κ3) is 10.8. The van der Waals surface area contributed by atoms with Gasteiger partial charge < -0.3 is 38.3 Å². The van der Waals surface area contributed by atoms with E-state index in [4.69, 9.17) is 33.2 Å². The number of sulfonamides is 2. The molecule has 2 saturated carbocycles. The first-order valence-corrected chi connectivity index (χ1v) is 26.2. The first-order chi connectivity index (χ1) is 34.2. The molecule has 4 aliphatic rings. The normalized spacial score (nSPS) is 17.2. The van der Waals surface area contributed by atoms with Crippen molar-refractivity contribution in [2.75, 3.05) is 62.0 Å². The maximum Gasteiger partial charge on any atom is 0.263 e. The third-order valence-corrected chi connectivity index (χ3v) is 16.5. The molecule has 0 spiro atoms. The number of benzene rings is 4. The summed E-state index contributed by atoms with van der Waals surface area (Å²) in [7, 11) is 0.0615. The molecule has 18 nitrogen and oxygen atoms in total. The number of hydrogen-bond acceptors (Lipinski definition) is 14. The van der Waals surface area contributed by atoms with Crippen LogP contribution in [0.15, 0.2) is 119 Å². The van der Waals surface area contributed by atoms with Crippen molar-refractivity contribution in [3.05, 3.63) is 143 Å². The number of aromatic nitrogens is 4. The van der Waals surface area contributed by atoms with Gasteiger partial charge in [-0.3, -0.25) is 9.36 Å². The highest BCUT2D eigenvalue weighted by Crippen LogP contribution is 2.43. The van der Waals surface area contributed by atoms with Gasteiger partial charge in [0, 0.05) is 45.4 Å². The monoisotopic (exact) mass is 1010 g/mol. The summed E-state index contributed by atoms with van der Waals surface area (Å²) in [4.78, 5) is 0. The second kappa shape index (κ2) is 20.7. The van der Waals surface area contributed by atoms with Gasteiger partial charge in [-0.05, 0) is 96.5 Å². The number of ether oxygens (including phenoxy) is 7. The lowest BCUT2D eigenvalue weighted by Gasteiger charge is -2.40. The van der Waals surface area contributed by atoms with E-state index in [0.29, 0.717) is 41.9 Å². The van der Waals surface area contributed by atoms with E-state index in [0.717, 1.165) is 53.6 Å². The average molecular weight is 1010 g/mol. The van der Waals surface area contributed by atoms with Gasteiger partial charge in [-0.25, -0.2) is 16.8 Å². The summed E-state index contributed by atoms with van der Waals surface area (Å²) in [6.45, 7) is 1.68. The molecule has 4 fully saturated rings. The highest BCUT2D eigenvalue weighted by Gasteiger charge is 2.48. The van der Waals surface area contributed by atoms with Gasteiger partial charge >= 0.3 is 0 Å². The summed E-state index contributed by atoms with van der Waals surface area (Å²) in [5.74, 6) is 2.82. The summed E-state index contributed by atoms with van der Waals surface area (Å²) in [6, 6.07) is 32.8. The smallest absolute Gasteiger partial charge is 0.263 e. The highest BCUT2D eigenvalue weighted by atomic mass is 32.2. The molecular formula is C51H60N6O12S2. The van der Waals surface area contributed by atoms with Gasteiger partial charge in [0.1, 0.15) is 23.0 Å². The fourth-order valence-corrected chi connectivity index (χ4v) is 11.1. The molecular weight excluding hydrogens is 953 g/mol. The number of rotatable bonds is 21. The van der Waals surface area contributed by atoms with Crippen LogP contribution >= 0.6 is 0 Å². The minimum absolute atomic E-state index is 0.0229. The van der Waals surface area contributed by atoms with Crippen LogP contribution in [0.4, 0.5) is 0 Å². The molecule has 2 aliphatic carbocycles. The lowest BCUT2D eigenvalue weighted by atomic mass is 9.97. The van der Waals surface area contributed by atoms with Crippen molar-refractivity contribution in [1.82, 2.24) is 28.2 Å². The Morgan fingerprint density at radius 3 is 1.08 bits per heavy atom. The predicted octanol–water partition coefficient (Wildman–Crippen LogP) is 6.34. The van der Waals surface area contributed by atoms with Crippen LogP contribution in [0.5, 0.6) is 23.0 Å². The van der Waals surface area contributed by atoms with Gasteiger partial charge in [0.2, 0.25) is 0 Å². The fourth-order valence-electron chi connectivity index (χ4n) is 8.43. The molecule has 4 aromatic carbocycles. The molecule has 0 unspecified atom stereocenters. The second-order valence-corrected chi connectivity index (χ2v) is 22.0. The van der Waals surface area contributed by atoms with E-state index in [1.165, 1.54) is 14.7 Å². The Labute approximate surface area is 414 Å². The summed E-state index contributed by atoms with van der Waals surface area (Å²) in [6.07, 6.45) is 3.76.